The predicted molar refractivity (Wildman–Crippen MR) is 95.5 cm³/mol. The van der Waals surface area contributed by atoms with Gasteiger partial charge in [0.15, 0.2) is 6.67 Å². The number of benzene rings is 1. The molecule has 3 amide bonds. The fourth-order valence-electron chi connectivity index (χ4n) is 3.66. The minimum atomic E-state index is -0.327. The van der Waals surface area contributed by atoms with Gasteiger partial charge in [0.25, 0.3) is 5.91 Å². The van der Waals surface area contributed by atoms with E-state index in [0.717, 1.165) is 44.2 Å². The van der Waals surface area contributed by atoms with Gasteiger partial charge in [-0.2, -0.15) is 0 Å². The van der Waals surface area contributed by atoms with Crippen LogP contribution in [0, 0.1) is 0 Å². The van der Waals surface area contributed by atoms with Crippen LogP contribution < -0.4 is 15.1 Å². The first kappa shape index (κ1) is 18.2. The Kier molecular flexibility index (Phi) is 5.93. The molecule has 2 saturated heterocycles. The summed E-state index contributed by atoms with van der Waals surface area (Å²) >= 11 is 6.05. The third-order valence-corrected chi connectivity index (χ3v) is 5.31. The molecule has 0 bridgehead atoms. The summed E-state index contributed by atoms with van der Waals surface area (Å²) in [5.74, 6) is -0.0620. The first-order valence-electron chi connectivity index (χ1n) is 9.10. The van der Waals surface area contributed by atoms with Crippen LogP contribution in [0.1, 0.15) is 25.3 Å². The molecule has 25 heavy (non-hydrogen) atoms. The van der Waals surface area contributed by atoms with Gasteiger partial charge in [-0.3, -0.25) is 4.79 Å². The molecular weight excluding hydrogens is 340 g/mol. The van der Waals surface area contributed by atoms with Gasteiger partial charge in [-0.1, -0.05) is 37.1 Å². The Bertz CT molecular complexity index is 631. The van der Waals surface area contributed by atoms with Crippen LogP contribution in [0.15, 0.2) is 24.3 Å². The number of carbonyl (C=O) groups is 2. The molecule has 1 aromatic carbocycles. The van der Waals surface area contributed by atoms with E-state index in [1.54, 1.807) is 0 Å². The molecule has 136 valence electrons. The van der Waals surface area contributed by atoms with Crippen molar-refractivity contribution < 1.29 is 19.4 Å². The number of rotatable bonds is 6. The molecule has 0 aromatic heterocycles. The maximum Gasteiger partial charge on any atom is 0.329 e. The van der Waals surface area contributed by atoms with Crippen LogP contribution in [-0.2, 0) is 11.3 Å². The Balaban J connectivity index is 1.48. The Hall–Kier alpha value is -1.63. The molecular formula is C18H27ClN4O2+2. The van der Waals surface area contributed by atoms with Crippen molar-refractivity contribution in [2.75, 3.05) is 32.8 Å². The van der Waals surface area contributed by atoms with E-state index in [1.165, 1.54) is 20.3 Å². The van der Waals surface area contributed by atoms with Crippen LogP contribution in [0.2, 0.25) is 5.02 Å². The minimum absolute atomic E-state index is 0.0620. The van der Waals surface area contributed by atoms with E-state index >= 15 is 0 Å². The van der Waals surface area contributed by atoms with Crippen molar-refractivity contribution in [2.45, 2.75) is 32.4 Å². The van der Waals surface area contributed by atoms with Crippen LogP contribution >= 0.6 is 11.6 Å². The Morgan fingerprint density at radius 3 is 2.60 bits per heavy atom. The lowest BCUT2D eigenvalue weighted by Gasteiger charge is -2.31. The monoisotopic (exact) mass is 366 g/mol. The lowest BCUT2D eigenvalue weighted by molar-refractivity contribution is -1.02. The highest BCUT2D eigenvalue weighted by atomic mass is 35.5. The van der Waals surface area contributed by atoms with Gasteiger partial charge in [-0.25, -0.2) is 9.69 Å². The van der Waals surface area contributed by atoms with Gasteiger partial charge >= 0.3 is 6.03 Å². The van der Waals surface area contributed by atoms with Crippen molar-refractivity contribution in [3.8, 4) is 0 Å². The molecule has 0 aliphatic carbocycles. The summed E-state index contributed by atoms with van der Waals surface area (Å²) in [4.78, 5) is 28.6. The SMILES string of the molecule is CCC[C@H]1NC(=O)N(C[NH+]2CC[NH+](Cc3cccc(Cl)c3)CC2)C1=O. The van der Waals surface area contributed by atoms with Gasteiger partial charge < -0.3 is 15.1 Å². The van der Waals surface area contributed by atoms with Crippen molar-refractivity contribution in [2.24, 2.45) is 0 Å². The van der Waals surface area contributed by atoms with Gasteiger partial charge in [0.05, 0.1) is 0 Å². The van der Waals surface area contributed by atoms with Gasteiger partial charge in [0, 0.05) is 10.6 Å². The maximum atomic E-state index is 12.3. The zero-order chi connectivity index (χ0) is 17.8. The lowest BCUT2D eigenvalue weighted by atomic mass is 10.2. The van der Waals surface area contributed by atoms with E-state index in [1.807, 2.05) is 25.1 Å². The molecule has 0 spiro atoms. The minimum Gasteiger partial charge on any atom is -0.326 e. The third-order valence-electron chi connectivity index (χ3n) is 5.07. The second-order valence-electron chi connectivity index (χ2n) is 7.02. The number of hydrogen-bond donors (Lipinski definition) is 3. The Morgan fingerprint density at radius 1 is 1.20 bits per heavy atom. The second kappa shape index (κ2) is 8.17. The van der Waals surface area contributed by atoms with Gasteiger partial charge in [0.1, 0.15) is 38.8 Å². The predicted octanol–water partition coefficient (Wildman–Crippen LogP) is -0.699. The first-order chi connectivity index (χ1) is 12.1. The van der Waals surface area contributed by atoms with E-state index in [-0.39, 0.29) is 18.0 Å². The summed E-state index contributed by atoms with van der Waals surface area (Å²) in [5, 5.41) is 3.58. The van der Waals surface area contributed by atoms with Crippen LogP contribution in [0.25, 0.3) is 0 Å². The molecule has 0 radical (unpaired) electrons. The average molecular weight is 367 g/mol. The van der Waals surface area contributed by atoms with Crippen molar-refractivity contribution in [1.82, 2.24) is 10.2 Å². The molecule has 3 N–H and O–H groups in total. The highest BCUT2D eigenvalue weighted by Gasteiger charge is 2.40. The third kappa shape index (κ3) is 4.51. The topological polar surface area (TPSA) is 58.3 Å². The number of carbonyl (C=O) groups excluding carboxylic acids is 2. The Morgan fingerprint density at radius 2 is 1.92 bits per heavy atom. The van der Waals surface area contributed by atoms with Gasteiger partial charge in [-0.15, -0.1) is 0 Å². The van der Waals surface area contributed by atoms with Crippen molar-refractivity contribution in [3.63, 3.8) is 0 Å². The number of nitrogens with one attached hydrogen (secondary N) is 3. The van der Waals surface area contributed by atoms with E-state index < -0.39 is 0 Å². The quantitative estimate of drug-likeness (QED) is 0.583. The van der Waals surface area contributed by atoms with E-state index in [0.29, 0.717) is 13.1 Å². The summed E-state index contributed by atoms with van der Waals surface area (Å²) < 4.78 is 0. The Labute approximate surface area is 153 Å². The average Bonchev–Trinajstić information content (AvgIpc) is 2.85. The number of quaternary nitrogens is 2. The van der Waals surface area contributed by atoms with E-state index in [2.05, 4.69) is 11.4 Å². The molecule has 1 aromatic rings. The van der Waals surface area contributed by atoms with Crippen LogP contribution in [-0.4, -0.2) is 55.7 Å². The molecule has 2 aliphatic heterocycles. The summed E-state index contributed by atoms with van der Waals surface area (Å²) in [6, 6.07) is 7.46. The fraction of sp³-hybridized carbons (Fsp3) is 0.556. The molecule has 6 nitrogen and oxygen atoms in total. The summed E-state index contributed by atoms with van der Waals surface area (Å²) in [6.45, 7) is 7.46. The van der Waals surface area contributed by atoms with E-state index in [4.69, 9.17) is 11.6 Å². The molecule has 2 heterocycles. The lowest BCUT2D eigenvalue weighted by Crippen LogP contribution is -3.28. The van der Waals surface area contributed by atoms with Crippen LogP contribution in [0.4, 0.5) is 4.79 Å². The normalized spacial score (nSPS) is 26.8. The fourth-order valence-corrected chi connectivity index (χ4v) is 3.88. The molecule has 0 unspecified atom stereocenters. The number of halogens is 1. The number of hydrogen-bond acceptors (Lipinski definition) is 2. The number of piperazine rings is 1. The molecule has 7 heteroatoms. The van der Waals surface area contributed by atoms with E-state index in [9.17, 15) is 9.59 Å². The second-order valence-corrected chi connectivity index (χ2v) is 7.46. The van der Waals surface area contributed by atoms with Crippen LogP contribution in [0.5, 0.6) is 0 Å². The largest absolute Gasteiger partial charge is 0.329 e. The summed E-state index contributed by atoms with van der Waals surface area (Å²) in [5.41, 5.74) is 1.25. The standard InChI is InChI=1S/C18H25ClN4O2/c1-2-4-16-17(24)23(18(25)20-16)13-22-9-7-21(8-10-22)12-14-5-3-6-15(19)11-14/h3,5-6,11,16H,2,4,7-10,12-13H2,1H3,(H,20,25)/p+2/t16-/m1/s1. The summed E-state index contributed by atoms with van der Waals surface area (Å²) in [6.07, 6.45) is 1.61. The maximum absolute atomic E-state index is 12.3. The number of imide groups is 1. The van der Waals surface area contributed by atoms with Crippen LogP contribution in [0.3, 0.4) is 0 Å². The molecule has 0 saturated carbocycles. The number of urea groups is 1. The van der Waals surface area contributed by atoms with Crippen molar-refractivity contribution in [3.05, 3.63) is 34.9 Å². The number of amides is 3. The highest BCUT2D eigenvalue weighted by Crippen LogP contribution is 2.10. The van der Waals surface area contributed by atoms with Crippen molar-refractivity contribution >= 4 is 23.5 Å². The van der Waals surface area contributed by atoms with Gasteiger partial charge in [-0.05, 0) is 18.6 Å². The zero-order valence-corrected chi connectivity index (χ0v) is 15.4. The molecule has 1 atom stereocenters. The smallest absolute Gasteiger partial charge is 0.326 e. The van der Waals surface area contributed by atoms with Crippen molar-refractivity contribution in [1.29, 1.82) is 0 Å². The zero-order valence-electron chi connectivity index (χ0n) is 14.7. The number of nitrogens with zero attached hydrogens (tertiary/aromatic N) is 1. The highest BCUT2D eigenvalue weighted by molar-refractivity contribution is 6.30. The molecule has 3 rings (SSSR count). The molecule has 2 fully saturated rings. The van der Waals surface area contributed by atoms with Gasteiger partial charge in [0.2, 0.25) is 0 Å². The summed E-state index contributed by atoms with van der Waals surface area (Å²) in [7, 11) is 0. The first-order valence-corrected chi connectivity index (χ1v) is 9.48. The molecule has 2 aliphatic rings.